The van der Waals surface area contributed by atoms with Gasteiger partial charge in [0.05, 0.1) is 24.9 Å². The second-order valence-corrected chi connectivity index (χ2v) is 11.1. The molecule has 0 aliphatic rings. The quantitative estimate of drug-likeness (QED) is 0.0455. The Morgan fingerprint density at radius 1 is 0.628 bits per heavy atom. The van der Waals surface area contributed by atoms with Crippen LogP contribution in [-0.2, 0) is 19.1 Å². The number of unbranched alkanes of at least 4 members (excludes halogenated alkanes) is 10. The van der Waals surface area contributed by atoms with Gasteiger partial charge in [0, 0.05) is 12.8 Å². The largest absolute Gasteiger partial charge is 0.462 e. The van der Waals surface area contributed by atoms with Crippen LogP contribution in [0.15, 0.2) is 48.6 Å². The molecule has 0 aliphatic carbocycles. The van der Waals surface area contributed by atoms with Crippen LogP contribution in [0.3, 0.4) is 0 Å². The van der Waals surface area contributed by atoms with Gasteiger partial charge < -0.3 is 29.9 Å². The molecule has 4 N–H and O–H groups in total. The van der Waals surface area contributed by atoms with E-state index in [0.717, 1.165) is 44.9 Å². The molecule has 0 aromatic rings. The van der Waals surface area contributed by atoms with E-state index in [1.807, 2.05) is 6.08 Å². The highest BCUT2D eigenvalue weighted by molar-refractivity contribution is 5.70. The number of aliphatic hydroxyl groups is 4. The predicted octanol–water partition coefficient (Wildman–Crippen LogP) is 6.41. The molecule has 0 bridgehead atoms. The van der Waals surface area contributed by atoms with E-state index in [0.29, 0.717) is 6.42 Å². The molecule has 0 saturated heterocycles. The Balaban J connectivity index is 4.03. The summed E-state index contributed by atoms with van der Waals surface area (Å²) < 4.78 is 10.3. The van der Waals surface area contributed by atoms with Gasteiger partial charge in [0.25, 0.3) is 0 Å². The summed E-state index contributed by atoms with van der Waals surface area (Å²) >= 11 is 0. The van der Waals surface area contributed by atoms with Gasteiger partial charge in [-0.1, -0.05) is 133 Å². The van der Waals surface area contributed by atoms with Crippen LogP contribution < -0.4 is 0 Å². The fraction of sp³-hybridized carbons (Fsp3) is 0.714. The third-order valence-electron chi connectivity index (χ3n) is 6.99. The maximum absolute atomic E-state index is 12.0. The molecule has 0 spiro atoms. The number of rotatable bonds is 28. The number of esters is 2. The van der Waals surface area contributed by atoms with Crippen LogP contribution in [0.2, 0.25) is 0 Å². The van der Waals surface area contributed by atoms with Crippen LogP contribution in [0, 0.1) is 0 Å². The Morgan fingerprint density at radius 2 is 1.16 bits per heavy atom. The van der Waals surface area contributed by atoms with Crippen LogP contribution in [0.4, 0.5) is 0 Å². The topological polar surface area (TPSA) is 134 Å². The molecule has 43 heavy (non-hydrogen) atoms. The number of hydrogen-bond acceptors (Lipinski definition) is 8. The van der Waals surface area contributed by atoms with Crippen LogP contribution in [0.25, 0.3) is 0 Å². The number of allylic oxidation sites excluding steroid dienone is 6. The van der Waals surface area contributed by atoms with Gasteiger partial charge >= 0.3 is 11.9 Å². The Morgan fingerprint density at radius 3 is 1.79 bits per heavy atom. The third kappa shape index (κ3) is 27.1. The van der Waals surface area contributed by atoms with Gasteiger partial charge in [-0.15, -0.1) is 0 Å². The highest BCUT2D eigenvalue weighted by Gasteiger charge is 2.17. The molecule has 0 fully saturated rings. The normalized spacial score (nSPS) is 15.0. The highest BCUT2D eigenvalue weighted by atomic mass is 16.6. The molecular formula is C35H60O8. The molecule has 0 unspecified atom stereocenters. The SMILES string of the molecule is CCCCCCCCCCCC(=O)O[C@@H](CO)COC(=O)CCC[C@@H](O)[C@H](O)/C=C/C=C/C=C\C=C\[C@H](O)CCCCC. The van der Waals surface area contributed by atoms with Gasteiger partial charge in [-0.05, 0) is 25.7 Å². The molecule has 8 heteroatoms. The maximum Gasteiger partial charge on any atom is 0.306 e. The van der Waals surface area contributed by atoms with Crippen LogP contribution in [0.5, 0.6) is 0 Å². The van der Waals surface area contributed by atoms with Gasteiger partial charge in [-0.2, -0.15) is 0 Å². The first-order chi connectivity index (χ1) is 20.8. The smallest absolute Gasteiger partial charge is 0.306 e. The molecule has 0 aromatic heterocycles. The van der Waals surface area contributed by atoms with Gasteiger partial charge in [-0.25, -0.2) is 0 Å². The molecule has 0 radical (unpaired) electrons. The van der Waals surface area contributed by atoms with Crippen molar-refractivity contribution >= 4 is 11.9 Å². The minimum atomic E-state index is -1.08. The summed E-state index contributed by atoms with van der Waals surface area (Å²) in [6, 6.07) is 0. The number of ether oxygens (including phenoxy) is 2. The van der Waals surface area contributed by atoms with E-state index in [4.69, 9.17) is 9.47 Å². The van der Waals surface area contributed by atoms with E-state index >= 15 is 0 Å². The second-order valence-electron chi connectivity index (χ2n) is 11.1. The lowest BCUT2D eigenvalue weighted by molar-refractivity contribution is -0.161. The lowest BCUT2D eigenvalue weighted by Crippen LogP contribution is -2.28. The van der Waals surface area contributed by atoms with Crippen molar-refractivity contribution in [2.45, 2.75) is 147 Å². The number of carbonyl (C=O) groups excluding carboxylic acids is 2. The summed E-state index contributed by atoms with van der Waals surface area (Å²) in [6.45, 7) is 3.68. The summed E-state index contributed by atoms with van der Waals surface area (Å²) in [6.07, 6.45) is 25.5. The van der Waals surface area contributed by atoms with Crippen molar-refractivity contribution in [2.75, 3.05) is 13.2 Å². The monoisotopic (exact) mass is 608 g/mol. The molecule has 0 aliphatic heterocycles. The molecule has 0 saturated carbocycles. The van der Waals surface area contributed by atoms with Gasteiger partial charge in [0.15, 0.2) is 6.10 Å². The Bertz CT molecular complexity index is 789. The lowest BCUT2D eigenvalue weighted by atomic mass is 10.1. The van der Waals surface area contributed by atoms with Crippen molar-refractivity contribution in [2.24, 2.45) is 0 Å². The Kier molecular flexibility index (Phi) is 28.2. The minimum Gasteiger partial charge on any atom is -0.462 e. The van der Waals surface area contributed by atoms with E-state index in [1.165, 1.54) is 44.6 Å². The van der Waals surface area contributed by atoms with E-state index in [2.05, 4.69) is 13.8 Å². The Labute approximate surface area is 260 Å². The highest BCUT2D eigenvalue weighted by Crippen LogP contribution is 2.12. The average molecular weight is 609 g/mol. The standard InChI is InChI=1S/C35H60O8/c1-3-5-7-8-9-10-11-16-20-26-35(41)43-31(28-36)29-42-34(40)27-21-25-33(39)32(38)24-19-15-13-12-14-18-23-30(37)22-17-6-4-2/h12-15,18-19,23-24,30-33,36-39H,3-11,16-17,20-22,25-29H2,1-2H3/b14-12-,15-13+,23-18+,24-19+/t30-,31+,32-,33-/m1/s1. The van der Waals surface area contributed by atoms with Crippen molar-refractivity contribution in [1.82, 2.24) is 0 Å². The Hall–Kier alpha value is -2.26. The van der Waals surface area contributed by atoms with E-state index in [9.17, 15) is 30.0 Å². The first-order valence-electron chi connectivity index (χ1n) is 16.5. The van der Waals surface area contributed by atoms with Crippen LogP contribution in [0.1, 0.15) is 123 Å². The van der Waals surface area contributed by atoms with E-state index in [1.54, 1.807) is 36.5 Å². The zero-order valence-corrected chi connectivity index (χ0v) is 26.8. The minimum absolute atomic E-state index is 0.0313. The first-order valence-corrected chi connectivity index (χ1v) is 16.5. The fourth-order valence-corrected chi connectivity index (χ4v) is 4.29. The average Bonchev–Trinajstić information content (AvgIpc) is 2.99. The summed E-state index contributed by atoms with van der Waals surface area (Å²) in [4.78, 5) is 24.1. The summed E-state index contributed by atoms with van der Waals surface area (Å²) in [5, 5.41) is 39.5. The van der Waals surface area contributed by atoms with Gasteiger partial charge in [-0.3, -0.25) is 9.59 Å². The zero-order valence-electron chi connectivity index (χ0n) is 26.8. The molecule has 248 valence electrons. The van der Waals surface area contributed by atoms with Crippen molar-refractivity contribution in [1.29, 1.82) is 0 Å². The molecule has 4 atom stereocenters. The van der Waals surface area contributed by atoms with Crippen molar-refractivity contribution in [3.63, 3.8) is 0 Å². The lowest BCUT2D eigenvalue weighted by Gasteiger charge is -2.16. The van der Waals surface area contributed by atoms with Crippen molar-refractivity contribution in [3.8, 4) is 0 Å². The molecule has 8 nitrogen and oxygen atoms in total. The second kappa shape index (κ2) is 29.8. The van der Waals surface area contributed by atoms with Crippen LogP contribution >= 0.6 is 0 Å². The fourth-order valence-electron chi connectivity index (χ4n) is 4.29. The maximum atomic E-state index is 12.0. The molecule has 0 aromatic carbocycles. The first kappa shape index (κ1) is 40.7. The van der Waals surface area contributed by atoms with E-state index < -0.39 is 43.0 Å². The van der Waals surface area contributed by atoms with Crippen molar-refractivity contribution in [3.05, 3.63) is 48.6 Å². The molecular weight excluding hydrogens is 548 g/mol. The molecule has 0 amide bonds. The summed E-state index contributed by atoms with van der Waals surface area (Å²) in [5.41, 5.74) is 0. The van der Waals surface area contributed by atoms with E-state index in [-0.39, 0.29) is 25.9 Å². The number of carbonyl (C=O) groups is 2. The van der Waals surface area contributed by atoms with Gasteiger partial charge in [0.2, 0.25) is 0 Å². The van der Waals surface area contributed by atoms with Crippen LogP contribution in [-0.4, -0.2) is 70.0 Å². The number of aliphatic hydroxyl groups excluding tert-OH is 4. The summed E-state index contributed by atoms with van der Waals surface area (Å²) in [5.74, 6) is -0.929. The zero-order chi connectivity index (χ0) is 32.0. The third-order valence-corrected chi connectivity index (χ3v) is 6.99. The van der Waals surface area contributed by atoms with Gasteiger partial charge in [0.1, 0.15) is 6.61 Å². The van der Waals surface area contributed by atoms with Crippen molar-refractivity contribution < 1.29 is 39.5 Å². The number of hydrogen-bond donors (Lipinski definition) is 4. The summed E-state index contributed by atoms with van der Waals surface area (Å²) in [7, 11) is 0. The molecule has 0 rings (SSSR count). The predicted molar refractivity (Wildman–Crippen MR) is 172 cm³/mol. The molecule has 0 heterocycles.